The molecule has 0 aromatic heterocycles. The van der Waals surface area contributed by atoms with E-state index < -0.39 is 6.10 Å². The number of hydrogen-bond donors (Lipinski definition) is 0. The lowest BCUT2D eigenvalue weighted by atomic mass is 10.0. The molecule has 0 rings (SSSR count). The average Bonchev–Trinajstić information content (AvgIpc) is 3.49. The third kappa shape index (κ3) is 68.0. The number of carbonyl (C=O) groups excluding carboxylic acids is 3. The molecule has 0 amide bonds. The van der Waals surface area contributed by atoms with Gasteiger partial charge in [-0.2, -0.15) is 0 Å². The zero-order chi connectivity index (χ0) is 59.9. The van der Waals surface area contributed by atoms with Crippen molar-refractivity contribution in [2.75, 3.05) is 13.2 Å². The molecular formula is C77H126O6. The molecule has 0 spiro atoms. The second kappa shape index (κ2) is 69.8. The van der Waals surface area contributed by atoms with Crippen LogP contribution in [0.25, 0.3) is 0 Å². The second-order valence-electron chi connectivity index (χ2n) is 22.3. The highest BCUT2D eigenvalue weighted by Gasteiger charge is 2.19. The van der Waals surface area contributed by atoms with Crippen LogP contribution in [-0.4, -0.2) is 37.2 Å². The van der Waals surface area contributed by atoms with Crippen molar-refractivity contribution in [3.63, 3.8) is 0 Å². The van der Waals surface area contributed by atoms with Gasteiger partial charge in [0.1, 0.15) is 13.2 Å². The van der Waals surface area contributed by atoms with Crippen molar-refractivity contribution in [1.29, 1.82) is 0 Å². The molecule has 0 radical (unpaired) electrons. The normalized spacial score (nSPS) is 13.0. The van der Waals surface area contributed by atoms with Crippen molar-refractivity contribution in [2.45, 2.75) is 309 Å². The molecule has 0 aromatic rings. The van der Waals surface area contributed by atoms with Crippen molar-refractivity contribution in [3.8, 4) is 0 Å². The summed E-state index contributed by atoms with van der Waals surface area (Å²) in [5.74, 6) is -0.899. The quantitative estimate of drug-likeness (QED) is 0.0261. The number of rotatable bonds is 61. The van der Waals surface area contributed by atoms with Crippen LogP contribution in [0.1, 0.15) is 303 Å². The summed E-state index contributed by atoms with van der Waals surface area (Å²) in [5.41, 5.74) is 0. The summed E-state index contributed by atoms with van der Waals surface area (Å²) in [6.45, 7) is 6.34. The number of hydrogen-bond acceptors (Lipinski definition) is 6. The Labute approximate surface area is 512 Å². The zero-order valence-electron chi connectivity index (χ0n) is 53.9. The van der Waals surface area contributed by atoms with Crippen LogP contribution in [0.2, 0.25) is 0 Å². The van der Waals surface area contributed by atoms with Gasteiger partial charge in [0.25, 0.3) is 0 Å². The Morgan fingerprint density at radius 2 is 0.470 bits per heavy atom. The number of carbonyl (C=O) groups is 3. The number of unbranched alkanes of at least 4 members (excludes halogenated alkanes) is 26. The van der Waals surface area contributed by atoms with E-state index >= 15 is 0 Å². The SMILES string of the molecule is CC/C=C\C/C=C\C/C=C\C/C=C\C/C=C\C/C=C\C/C=C\C/C=C\CCCCCCCCCCCCC(=O)OCC(COC(=O)CCCCCCC)OC(=O)CCCCCCCCCCCCCC/C=C\C/C=C\C/C=C\C/C=C\CC. The summed E-state index contributed by atoms with van der Waals surface area (Å²) in [6, 6.07) is 0. The third-order valence-electron chi connectivity index (χ3n) is 14.3. The van der Waals surface area contributed by atoms with Gasteiger partial charge in [-0.3, -0.25) is 14.4 Å². The summed E-state index contributed by atoms with van der Waals surface area (Å²) >= 11 is 0. The van der Waals surface area contributed by atoms with Crippen molar-refractivity contribution in [1.82, 2.24) is 0 Å². The molecule has 1 atom stereocenters. The van der Waals surface area contributed by atoms with Crippen molar-refractivity contribution in [2.24, 2.45) is 0 Å². The third-order valence-corrected chi connectivity index (χ3v) is 14.3. The van der Waals surface area contributed by atoms with E-state index in [-0.39, 0.29) is 31.1 Å². The van der Waals surface area contributed by atoms with E-state index in [0.29, 0.717) is 19.3 Å². The van der Waals surface area contributed by atoms with Crippen LogP contribution >= 0.6 is 0 Å². The molecule has 6 nitrogen and oxygen atoms in total. The molecule has 0 saturated carbocycles. The molecule has 0 aliphatic rings. The first kappa shape index (κ1) is 78.3. The first-order valence-electron chi connectivity index (χ1n) is 34.3. The highest BCUT2D eigenvalue weighted by molar-refractivity contribution is 5.71. The monoisotopic (exact) mass is 1150 g/mol. The molecule has 470 valence electrons. The fraction of sp³-hybridized carbons (Fsp3) is 0.649. The average molecular weight is 1150 g/mol. The van der Waals surface area contributed by atoms with Crippen molar-refractivity contribution >= 4 is 17.9 Å². The van der Waals surface area contributed by atoms with E-state index in [1.54, 1.807) is 0 Å². The molecule has 0 heterocycles. The van der Waals surface area contributed by atoms with Crippen LogP contribution in [-0.2, 0) is 28.6 Å². The van der Waals surface area contributed by atoms with E-state index in [1.807, 2.05) is 0 Å². The lowest BCUT2D eigenvalue weighted by molar-refractivity contribution is -0.167. The minimum atomic E-state index is -0.782. The van der Waals surface area contributed by atoms with Crippen LogP contribution in [0, 0.1) is 0 Å². The molecule has 0 aliphatic carbocycles. The molecule has 0 N–H and O–H groups in total. The standard InChI is InChI=1S/C77H126O6/c1-4-7-10-13-15-17-19-21-23-25-27-29-31-33-34-35-36-37-38-39-40-41-42-44-45-47-49-51-53-55-57-59-61-64-67-70-76(79)82-73-74(72-81-75(78)69-66-63-12-9-6-3)83-77(80)71-68-65-62-60-58-56-54-52-50-48-46-43-32-30-28-26-24-22-20-18-16-14-11-8-5-2/h7-8,10-11,15-18,21-24,27-30,33-34,36-37,39-40,42,44,74H,4-6,9,12-14,19-20,25-26,31-32,35,38,41,43,45-73H2,1-3H3/b10-7-,11-8-,17-15-,18-16-,23-21-,24-22-,29-27-,30-28-,34-33-,37-36-,40-39-,44-42-. The Morgan fingerprint density at radius 3 is 0.735 bits per heavy atom. The van der Waals surface area contributed by atoms with Crippen LogP contribution in [0.5, 0.6) is 0 Å². The maximum atomic E-state index is 12.9. The predicted molar refractivity (Wildman–Crippen MR) is 362 cm³/mol. The molecule has 6 heteroatoms. The van der Waals surface area contributed by atoms with Gasteiger partial charge in [0.2, 0.25) is 0 Å². The Morgan fingerprint density at radius 1 is 0.253 bits per heavy atom. The lowest BCUT2D eigenvalue weighted by Crippen LogP contribution is -2.30. The predicted octanol–water partition coefficient (Wildman–Crippen LogP) is 23.9. The minimum absolute atomic E-state index is 0.0823. The molecule has 0 fully saturated rings. The van der Waals surface area contributed by atoms with E-state index in [2.05, 4.69) is 167 Å². The highest BCUT2D eigenvalue weighted by atomic mass is 16.6. The van der Waals surface area contributed by atoms with Gasteiger partial charge in [-0.15, -0.1) is 0 Å². The van der Waals surface area contributed by atoms with Crippen LogP contribution in [0.4, 0.5) is 0 Å². The van der Waals surface area contributed by atoms with E-state index in [4.69, 9.17) is 14.2 Å². The first-order chi connectivity index (χ1) is 41.0. The van der Waals surface area contributed by atoms with Gasteiger partial charge in [0, 0.05) is 19.3 Å². The number of esters is 3. The zero-order valence-corrected chi connectivity index (χ0v) is 53.9. The molecule has 0 aliphatic heterocycles. The highest BCUT2D eigenvalue weighted by Crippen LogP contribution is 2.16. The maximum Gasteiger partial charge on any atom is 0.306 e. The van der Waals surface area contributed by atoms with Gasteiger partial charge < -0.3 is 14.2 Å². The summed E-state index contributed by atoms with van der Waals surface area (Å²) < 4.78 is 16.8. The Bertz CT molecular complexity index is 1800. The molecule has 1 unspecified atom stereocenters. The van der Waals surface area contributed by atoms with Gasteiger partial charge in [-0.1, -0.05) is 308 Å². The molecule has 0 saturated heterocycles. The van der Waals surface area contributed by atoms with E-state index in [9.17, 15) is 14.4 Å². The Balaban J connectivity index is 4.04. The van der Waals surface area contributed by atoms with Gasteiger partial charge in [-0.05, 0) is 122 Å². The maximum absolute atomic E-state index is 12.9. The topological polar surface area (TPSA) is 78.9 Å². The largest absolute Gasteiger partial charge is 0.462 e. The summed E-state index contributed by atoms with van der Waals surface area (Å²) in [5, 5.41) is 0. The summed E-state index contributed by atoms with van der Waals surface area (Å²) in [4.78, 5) is 38.0. The lowest BCUT2D eigenvalue weighted by Gasteiger charge is -2.18. The molecule has 83 heavy (non-hydrogen) atoms. The number of ether oxygens (including phenoxy) is 3. The van der Waals surface area contributed by atoms with Gasteiger partial charge in [-0.25, -0.2) is 0 Å². The molecular weight excluding hydrogens is 1020 g/mol. The summed E-state index contributed by atoms with van der Waals surface area (Å²) in [6.07, 6.45) is 101. The van der Waals surface area contributed by atoms with Crippen molar-refractivity contribution < 1.29 is 28.6 Å². The van der Waals surface area contributed by atoms with Crippen molar-refractivity contribution in [3.05, 3.63) is 146 Å². The van der Waals surface area contributed by atoms with Gasteiger partial charge in [0.05, 0.1) is 0 Å². The van der Waals surface area contributed by atoms with Crippen LogP contribution < -0.4 is 0 Å². The molecule has 0 aromatic carbocycles. The molecule has 0 bridgehead atoms. The fourth-order valence-electron chi connectivity index (χ4n) is 9.27. The minimum Gasteiger partial charge on any atom is -0.462 e. The fourth-order valence-corrected chi connectivity index (χ4v) is 9.27. The first-order valence-corrected chi connectivity index (χ1v) is 34.3. The van der Waals surface area contributed by atoms with E-state index in [0.717, 1.165) is 141 Å². The smallest absolute Gasteiger partial charge is 0.306 e. The Hall–Kier alpha value is -4.71. The summed E-state index contributed by atoms with van der Waals surface area (Å²) in [7, 11) is 0. The second-order valence-corrected chi connectivity index (χ2v) is 22.3. The van der Waals surface area contributed by atoms with Gasteiger partial charge in [0.15, 0.2) is 6.10 Å². The van der Waals surface area contributed by atoms with E-state index in [1.165, 1.54) is 122 Å². The van der Waals surface area contributed by atoms with Gasteiger partial charge >= 0.3 is 17.9 Å². The number of allylic oxidation sites excluding steroid dienone is 24. The Kier molecular flexibility index (Phi) is 65.8. The van der Waals surface area contributed by atoms with Crippen LogP contribution in [0.3, 0.4) is 0 Å². The van der Waals surface area contributed by atoms with Crippen LogP contribution in [0.15, 0.2) is 146 Å².